The van der Waals surface area contributed by atoms with Crippen LogP contribution in [0.4, 0.5) is 5.69 Å². The molecule has 1 saturated carbocycles. The van der Waals surface area contributed by atoms with Crippen molar-refractivity contribution in [1.29, 1.82) is 5.26 Å². The van der Waals surface area contributed by atoms with E-state index in [1.807, 2.05) is 51.2 Å². The minimum Gasteiger partial charge on any atom is -0.388 e. The maximum Gasteiger partial charge on any atom is 0.235 e. The molecular weight excluding hydrogens is 286 g/mol. The first-order valence-corrected chi connectivity index (χ1v) is 7.95. The Kier molecular flexibility index (Phi) is 5.47. The Labute approximate surface area is 140 Å². The van der Waals surface area contributed by atoms with Gasteiger partial charge in [0.25, 0.3) is 0 Å². The topological polar surface area (TPSA) is 78.9 Å². The van der Waals surface area contributed by atoms with Gasteiger partial charge in [0.2, 0.25) is 5.91 Å². The number of anilines is 1. The number of nitriles is 1. The van der Waals surface area contributed by atoms with Crippen LogP contribution in [0.2, 0.25) is 0 Å². The standard InChI is InChI=1S/C12H20N2O.C7H9N/c1-10(2)7-12(10,5)11(3,4)8(6-13)9(14)15;1-8-7-5-3-2-4-6-7/h8H,7H2,1-5H3,(H2,14,15);2-6,8H,1H3. The summed E-state index contributed by atoms with van der Waals surface area (Å²) in [6, 6.07) is 12.1. The highest BCUT2D eigenvalue weighted by atomic mass is 16.1. The fraction of sp³-hybridized carbons (Fsp3) is 0.579. The first-order valence-electron chi connectivity index (χ1n) is 7.95. The number of primary amides is 1. The molecule has 2 atom stereocenters. The molecule has 1 fully saturated rings. The minimum atomic E-state index is -0.704. The molecule has 2 rings (SSSR count). The molecule has 1 aliphatic carbocycles. The number of rotatable bonds is 4. The molecule has 3 N–H and O–H groups in total. The number of benzene rings is 1. The molecular formula is C19H29N3O. The first-order chi connectivity index (χ1) is 10.5. The fourth-order valence-corrected chi connectivity index (χ4v) is 3.44. The van der Waals surface area contributed by atoms with Crippen LogP contribution >= 0.6 is 0 Å². The zero-order valence-corrected chi connectivity index (χ0v) is 15.1. The van der Waals surface area contributed by atoms with E-state index in [2.05, 4.69) is 32.2 Å². The normalized spacial score (nSPS) is 22.8. The molecule has 4 nitrogen and oxygen atoms in total. The lowest BCUT2D eigenvalue weighted by atomic mass is 9.65. The van der Waals surface area contributed by atoms with Crippen LogP contribution in [0.5, 0.6) is 0 Å². The Hall–Kier alpha value is -2.02. The monoisotopic (exact) mass is 315 g/mol. The lowest BCUT2D eigenvalue weighted by molar-refractivity contribution is -0.124. The molecule has 0 aromatic heterocycles. The van der Waals surface area contributed by atoms with Crippen LogP contribution in [0, 0.1) is 33.5 Å². The van der Waals surface area contributed by atoms with Gasteiger partial charge in [0.15, 0.2) is 0 Å². The molecule has 0 saturated heterocycles. The Bertz CT molecular complexity index is 586. The number of carbonyl (C=O) groups excluding carboxylic acids is 1. The molecule has 2 unspecified atom stereocenters. The van der Waals surface area contributed by atoms with E-state index in [4.69, 9.17) is 11.0 Å². The van der Waals surface area contributed by atoms with Gasteiger partial charge in [-0.1, -0.05) is 52.8 Å². The maximum absolute atomic E-state index is 11.3. The second kappa shape index (κ2) is 6.62. The summed E-state index contributed by atoms with van der Waals surface area (Å²) >= 11 is 0. The van der Waals surface area contributed by atoms with E-state index < -0.39 is 11.8 Å². The van der Waals surface area contributed by atoms with Crippen LogP contribution in [-0.2, 0) is 4.79 Å². The van der Waals surface area contributed by atoms with Crippen LogP contribution in [0.3, 0.4) is 0 Å². The Morgan fingerprint density at radius 3 is 2.04 bits per heavy atom. The predicted octanol–water partition coefficient (Wildman–Crippen LogP) is 3.80. The Morgan fingerprint density at radius 1 is 1.30 bits per heavy atom. The summed E-state index contributed by atoms with van der Waals surface area (Å²) in [5, 5.41) is 12.1. The first kappa shape index (κ1) is 19.0. The molecule has 1 aromatic rings. The largest absolute Gasteiger partial charge is 0.388 e. The van der Waals surface area contributed by atoms with E-state index in [1.165, 1.54) is 0 Å². The van der Waals surface area contributed by atoms with Crippen LogP contribution in [0.15, 0.2) is 30.3 Å². The van der Waals surface area contributed by atoms with E-state index in [9.17, 15) is 4.79 Å². The van der Waals surface area contributed by atoms with Crippen LogP contribution in [0.25, 0.3) is 0 Å². The second-order valence-electron chi connectivity index (χ2n) is 7.69. The number of carbonyl (C=O) groups is 1. The summed E-state index contributed by atoms with van der Waals surface area (Å²) in [7, 11) is 1.91. The number of nitrogens with zero attached hydrogens (tertiary/aromatic N) is 1. The summed E-state index contributed by atoms with van der Waals surface area (Å²) in [5.41, 5.74) is 6.30. The van der Waals surface area contributed by atoms with E-state index in [1.54, 1.807) is 0 Å². The summed E-state index contributed by atoms with van der Waals surface area (Å²) in [6.07, 6.45) is 1.04. The van der Waals surface area contributed by atoms with E-state index >= 15 is 0 Å². The number of nitrogens with one attached hydrogen (secondary N) is 1. The van der Waals surface area contributed by atoms with Crippen molar-refractivity contribution in [2.24, 2.45) is 27.9 Å². The third-order valence-corrected chi connectivity index (χ3v) is 5.78. The van der Waals surface area contributed by atoms with Gasteiger partial charge in [-0.15, -0.1) is 0 Å². The van der Waals surface area contributed by atoms with Gasteiger partial charge in [-0.05, 0) is 34.8 Å². The van der Waals surface area contributed by atoms with Gasteiger partial charge in [-0.3, -0.25) is 4.79 Å². The van der Waals surface area contributed by atoms with Crippen LogP contribution < -0.4 is 11.1 Å². The molecule has 23 heavy (non-hydrogen) atoms. The average molecular weight is 315 g/mol. The number of nitrogens with two attached hydrogens (primary N) is 1. The molecule has 0 heterocycles. The summed E-state index contributed by atoms with van der Waals surface area (Å²) in [5.74, 6) is -1.21. The quantitative estimate of drug-likeness (QED) is 0.887. The van der Waals surface area contributed by atoms with Gasteiger partial charge >= 0.3 is 0 Å². The second-order valence-corrected chi connectivity index (χ2v) is 7.69. The number of amides is 1. The Morgan fingerprint density at radius 2 is 1.78 bits per heavy atom. The van der Waals surface area contributed by atoms with Crippen molar-refractivity contribution in [3.63, 3.8) is 0 Å². The van der Waals surface area contributed by atoms with Gasteiger partial charge in [0, 0.05) is 12.7 Å². The molecule has 126 valence electrons. The lowest BCUT2D eigenvalue weighted by Gasteiger charge is -2.37. The molecule has 4 heteroatoms. The van der Waals surface area contributed by atoms with E-state index in [0.29, 0.717) is 0 Å². The highest BCUT2D eigenvalue weighted by Crippen LogP contribution is 2.72. The predicted molar refractivity (Wildman–Crippen MR) is 94.6 cm³/mol. The SMILES string of the molecule is CC1(C)CC1(C)C(C)(C)C(C#N)C(N)=O.CNc1ccccc1. The fourth-order valence-electron chi connectivity index (χ4n) is 3.44. The molecule has 0 spiro atoms. The number of hydrogen-bond acceptors (Lipinski definition) is 3. The zero-order chi connectivity index (χ0) is 17.9. The number of para-hydroxylation sites is 1. The molecule has 0 bridgehead atoms. The average Bonchev–Trinajstić information content (AvgIpc) is 3.01. The third kappa shape index (κ3) is 3.67. The van der Waals surface area contributed by atoms with Gasteiger partial charge in [0.05, 0.1) is 6.07 Å². The maximum atomic E-state index is 11.3. The summed E-state index contributed by atoms with van der Waals surface area (Å²) in [6.45, 7) is 10.4. The molecule has 1 amide bonds. The summed E-state index contributed by atoms with van der Waals surface area (Å²) in [4.78, 5) is 11.3. The molecule has 0 aliphatic heterocycles. The lowest BCUT2D eigenvalue weighted by Crippen LogP contribution is -2.41. The minimum absolute atomic E-state index is 0.0232. The molecule has 1 aromatic carbocycles. The Balaban J connectivity index is 0.000000277. The highest BCUT2D eigenvalue weighted by molar-refractivity contribution is 5.80. The van der Waals surface area contributed by atoms with Crippen molar-refractivity contribution in [2.75, 3.05) is 12.4 Å². The van der Waals surface area contributed by atoms with Crippen LogP contribution in [-0.4, -0.2) is 13.0 Å². The molecule has 1 aliphatic rings. The van der Waals surface area contributed by atoms with Crippen molar-refractivity contribution in [1.82, 2.24) is 0 Å². The molecule has 0 radical (unpaired) electrons. The smallest absolute Gasteiger partial charge is 0.235 e. The van der Waals surface area contributed by atoms with Gasteiger partial charge in [-0.2, -0.15) is 5.26 Å². The summed E-state index contributed by atoms with van der Waals surface area (Å²) < 4.78 is 0. The van der Waals surface area contributed by atoms with Gasteiger partial charge < -0.3 is 11.1 Å². The van der Waals surface area contributed by atoms with Crippen molar-refractivity contribution in [2.45, 2.75) is 41.0 Å². The van der Waals surface area contributed by atoms with Crippen LogP contribution in [0.1, 0.15) is 41.0 Å². The zero-order valence-electron chi connectivity index (χ0n) is 15.1. The van der Waals surface area contributed by atoms with Gasteiger partial charge in [0.1, 0.15) is 5.92 Å². The highest BCUT2D eigenvalue weighted by Gasteiger charge is 2.67. The van der Waals surface area contributed by atoms with Crippen molar-refractivity contribution in [3.05, 3.63) is 30.3 Å². The van der Waals surface area contributed by atoms with Gasteiger partial charge in [-0.25, -0.2) is 0 Å². The van der Waals surface area contributed by atoms with E-state index in [-0.39, 0.29) is 16.2 Å². The van der Waals surface area contributed by atoms with Crippen molar-refractivity contribution < 1.29 is 4.79 Å². The number of hydrogen-bond donors (Lipinski definition) is 2. The van der Waals surface area contributed by atoms with Crippen molar-refractivity contribution in [3.8, 4) is 6.07 Å². The third-order valence-electron chi connectivity index (χ3n) is 5.78. The van der Waals surface area contributed by atoms with E-state index in [0.717, 1.165) is 12.1 Å². The van der Waals surface area contributed by atoms with Crippen molar-refractivity contribution >= 4 is 11.6 Å².